The van der Waals surface area contributed by atoms with Crippen LogP contribution < -0.4 is 0 Å². The van der Waals surface area contributed by atoms with E-state index in [9.17, 15) is 0 Å². The first-order valence-corrected chi connectivity index (χ1v) is 6.52. The van der Waals surface area contributed by atoms with Gasteiger partial charge in [-0.15, -0.1) is 5.16 Å². The fourth-order valence-corrected chi connectivity index (χ4v) is 2.04. The molecule has 3 radical (unpaired) electrons. The first kappa shape index (κ1) is 13.7. The molecule has 0 aromatic rings. The molecule has 0 saturated heterocycles. The van der Waals surface area contributed by atoms with E-state index in [1.165, 1.54) is 44.9 Å². The van der Waals surface area contributed by atoms with Gasteiger partial charge in [0.2, 0.25) is 0 Å². The Morgan fingerprint density at radius 1 is 1.19 bits per heavy atom. The Hall–Kier alpha value is -0.400. The van der Waals surface area contributed by atoms with Crippen LogP contribution in [0.25, 0.3) is 0 Å². The summed E-state index contributed by atoms with van der Waals surface area (Å²) in [5.41, 5.74) is 0.679. The van der Waals surface area contributed by atoms with Crippen LogP contribution in [0.1, 0.15) is 58.8 Å². The molecule has 4 heteroatoms. The van der Waals surface area contributed by atoms with Crippen molar-refractivity contribution in [1.29, 1.82) is 0 Å². The molecular formula is C12H22B2NO. The largest absolute Gasteiger partial charge is 0.475 e. The Labute approximate surface area is 102 Å². The molecule has 0 atom stereocenters. The highest BCUT2D eigenvalue weighted by atomic mass is 16.6. The predicted molar refractivity (Wildman–Crippen MR) is 70.9 cm³/mol. The van der Waals surface area contributed by atoms with Gasteiger partial charge in [0.1, 0.15) is 7.85 Å². The second-order valence-corrected chi connectivity index (χ2v) is 5.04. The molecule has 1 saturated carbocycles. The van der Waals surface area contributed by atoms with Crippen molar-refractivity contribution in [2.75, 3.05) is 0 Å². The smallest absolute Gasteiger partial charge is 0.413 e. The first-order valence-electron chi connectivity index (χ1n) is 6.52. The number of rotatable bonds is 4. The van der Waals surface area contributed by atoms with Gasteiger partial charge in [-0.25, -0.2) is 0 Å². The Balaban J connectivity index is 2.34. The zero-order valence-corrected chi connectivity index (χ0v) is 10.6. The average Bonchev–Trinajstić information content (AvgIpc) is 2.15. The molecule has 0 spiro atoms. The van der Waals surface area contributed by atoms with Crippen LogP contribution in [0, 0.1) is 5.92 Å². The van der Waals surface area contributed by atoms with Crippen LogP contribution in [0.15, 0.2) is 5.16 Å². The summed E-state index contributed by atoms with van der Waals surface area (Å²) in [5, 5.41) is 4.00. The minimum Gasteiger partial charge on any atom is -0.475 e. The molecular weight excluding hydrogens is 196 g/mol. The van der Waals surface area contributed by atoms with Crippen molar-refractivity contribution < 1.29 is 4.76 Å². The monoisotopic (exact) mass is 218 g/mol. The number of hydrogen-bond donors (Lipinski definition) is 0. The van der Waals surface area contributed by atoms with Crippen molar-refractivity contribution in [3.05, 3.63) is 0 Å². The molecule has 1 rings (SSSR count). The van der Waals surface area contributed by atoms with E-state index in [0.29, 0.717) is 17.3 Å². The van der Waals surface area contributed by atoms with Crippen LogP contribution in [0.4, 0.5) is 0 Å². The lowest BCUT2D eigenvalue weighted by molar-refractivity contribution is 0.349. The highest BCUT2D eigenvalue weighted by Gasteiger charge is 2.14. The van der Waals surface area contributed by atoms with Crippen LogP contribution in [0.3, 0.4) is 0 Å². The van der Waals surface area contributed by atoms with E-state index in [-0.39, 0.29) is 0 Å². The summed E-state index contributed by atoms with van der Waals surface area (Å²) in [6, 6.07) is 0. The van der Waals surface area contributed by atoms with Crippen LogP contribution in [-0.4, -0.2) is 20.9 Å². The Kier molecular flexibility index (Phi) is 6.67. The molecule has 0 bridgehead atoms. The van der Waals surface area contributed by atoms with Gasteiger partial charge in [-0.3, -0.25) is 0 Å². The van der Waals surface area contributed by atoms with Gasteiger partial charge < -0.3 is 4.76 Å². The second kappa shape index (κ2) is 7.81. The summed E-state index contributed by atoms with van der Waals surface area (Å²) in [7, 11) is 7.68. The standard InChI is InChI=1S/C12H22B2NO/c1-10(2)14-16-15-12(13)11-8-6-4-3-5-7-9-11/h10-11H,3-9H2,1-2H3. The van der Waals surface area contributed by atoms with Crippen LogP contribution in [0.2, 0.25) is 5.82 Å². The van der Waals surface area contributed by atoms with Gasteiger partial charge >= 0.3 is 7.48 Å². The Morgan fingerprint density at radius 2 is 1.75 bits per heavy atom. The van der Waals surface area contributed by atoms with Crippen LogP contribution in [0.5, 0.6) is 0 Å². The number of hydrogen-bond acceptors (Lipinski definition) is 2. The van der Waals surface area contributed by atoms with Crippen molar-refractivity contribution in [3.63, 3.8) is 0 Å². The summed E-state index contributed by atoms with van der Waals surface area (Å²) in [6.45, 7) is 4.11. The zero-order chi connectivity index (χ0) is 11.8. The van der Waals surface area contributed by atoms with Gasteiger partial charge in [0.25, 0.3) is 0 Å². The molecule has 0 aromatic heterocycles. The minimum absolute atomic E-state index is 0.383. The lowest BCUT2D eigenvalue weighted by Gasteiger charge is -2.19. The van der Waals surface area contributed by atoms with Gasteiger partial charge in [0, 0.05) is 5.61 Å². The molecule has 2 nitrogen and oxygen atoms in total. The van der Waals surface area contributed by atoms with Gasteiger partial charge in [0.05, 0.1) is 0 Å². The van der Waals surface area contributed by atoms with E-state index in [1.807, 2.05) is 0 Å². The Morgan fingerprint density at radius 3 is 2.31 bits per heavy atom. The summed E-state index contributed by atoms with van der Waals surface area (Å²) >= 11 is 0. The fourth-order valence-electron chi connectivity index (χ4n) is 2.04. The third-order valence-electron chi connectivity index (χ3n) is 3.01. The first-order chi connectivity index (χ1) is 7.70. The van der Waals surface area contributed by atoms with E-state index in [0.717, 1.165) is 0 Å². The lowest BCUT2D eigenvalue weighted by atomic mass is 9.80. The highest BCUT2D eigenvalue weighted by Crippen LogP contribution is 2.22. The zero-order valence-electron chi connectivity index (χ0n) is 10.6. The van der Waals surface area contributed by atoms with Crippen molar-refractivity contribution in [3.8, 4) is 0 Å². The number of nitrogens with zero attached hydrogens (tertiary/aromatic N) is 1. The maximum absolute atomic E-state index is 5.96. The topological polar surface area (TPSA) is 21.6 Å². The van der Waals surface area contributed by atoms with Crippen molar-refractivity contribution in [1.82, 2.24) is 0 Å². The molecule has 0 N–H and O–H groups in total. The lowest BCUT2D eigenvalue weighted by Crippen LogP contribution is -2.17. The SMILES string of the molecule is [B]C(=NO[B]C(C)C)C1CCCCCCC1. The molecule has 87 valence electrons. The predicted octanol–water partition coefficient (Wildman–Crippen LogP) is 3.29. The van der Waals surface area contributed by atoms with Gasteiger partial charge in [0.15, 0.2) is 0 Å². The quantitative estimate of drug-likeness (QED) is 0.403. The average molecular weight is 218 g/mol. The minimum atomic E-state index is 0.383. The van der Waals surface area contributed by atoms with E-state index in [1.54, 1.807) is 7.48 Å². The molecule has 1 aliphatic carbocycles. The van der Waals surface area contributed by atoms with E-state index < -0.39 is 0 Å². The molecule has 1 aliphatic rings. The van der Waals surface area contributed by atoms with E-state index in [2.05, 4.69) is 19.0 Å². The molecule has 0 amide bonds. The second-order valence-electron chi connectivity index (χ2n) is 5.04. The molecule has 0 aromatic carbocycles. The van der Waals surface area contributed by atoms with Gasteiger partial charge in [-0.2, -0.15) is 0 Å². The molecule has 1 fully saturated rings. The summed E-state index contributed by atoms with van der Waals surface area (Å²) < 4.78 is 5.12. The van der Waals surface area contributed by atoms with Gasteiger partial charge in [-0.05, 0) is 24.6 Å². The maximum atomic E-state index is 5.96. The molecule has 0 aliphatic heterocycles. The third-order valence-corrected chi connectivity index (χ3v) is 3.01. The normalized spacial score (nSPS) is 20.3. The van der Waals surface area contributed by atoms with Crippen molar-refractivity contribution >= 4 is 20.9 Å². The number of oxime groups is 1. The third kappa shape index (κ3) is 5.62. The van der Waals surface area contributed by atoms with Crippen molar-refractivity contribution in [2.24, 2.45) is 11.1 Å². The van der Waals surface area contributed by atoms with E-state index in [4.69, 9.17) is 12.6 Å². The van der Waals surface area contributed by atoms with Crippen molar-refractivity contribution in [2.45, 2.75) is 64.6 Å². The summed E-state index contributed by atoms with van der Waals surface area (Å²) in [6.07, 6.45) is 8.93. The Bertz CT molecular complexity index is 211. The van der Waals surface area contributed by atoms with E-state index >= 15 is 0 Å². The molecule has 16 heavy (non-hydrogen) atoms. The summed E-state index contributed by atoms with van der Waals surface area (Å²) in [4.78, 5) is 0. The molecule has 0 unspecified atom stereocenters. The van der Waals surface area contributed by atoms with Gasteiger partial charge in [-0.1, -0.05) is 46.0 Å². The highest BCUT2D eigenvalue weighted by molar-refractivity contribution is 6.60. The summed E-state index contributed by atoms with van der Waals surface area (Å²) in [5.74, 6) is 0.815. The maximum Gasteiger partial charge on any atom is 0.413 e. The molecule has 0 heterocycles. The fraction of sp³-hybridized carbons (Fsp3) is 0.917. The van der Waals surface area contributed by atoms with Crippen LogP contribution in [-0.2, 0) is 4.76 Å². The van der Waals surface area contributed by atoms with Crippen LogP contribution >= 0.6 is 0 Å².